The molecule has 2 rings (SSSR count). The van der Waals surface area contributed by atoms with Crippen molar-refractivity contribution in [2.45, 2.75) is 27.2 Å². The summed E-state index contributed by atoms with van der Waals surface area (Å²) < 4.78 is 13.5. The highest BCUT2D eigenvalue weighted by molar-refractivity contribution is 5.91. The fourth-order valence-electron chi connectivity index (χ4n) is 2.55. The third kappa shape index (κ3) is 4.07. The first-order valence-corrected chi connectivity index (χ1v) is 7.33. The van der Waals surface area contributed by atoms with Crippen molar-refractivity contribution < 1.29 is 9.18 Å². The molecule has 0 aliphatic heterocycles. The smallest absolute Gasteiger partial charge is 0.319 e. The number of aryl methyl sites for hydroxylation is 3. The SMILES string of the molecule is Cc1cc(C)c(NC(=O)NCCc2ccccc2F)c(C)c1. The molecule has 3 nitrogen and oxygen atoms in total. The zero-order valence-corrected chi connectivity index (χ0v) is 13.2. The second-order valence-corrected chi connectivity index (χ2v) is 5.50. The maximum absolute atomic E-state index is 13.5. The van der Waals surface area contributed by atoms with Crippen LogP contribution in [0.4, 0.5) is 14.9 Å². The number of urea groups is 1. The van der Waals surface area contributed by atoms with Crippen LogP contribution < -0.4 is 10.6 Å². The van der Waals surface area contributed by atoms with Crippen LogP contribution >= 0.6 is 0 Å². The van der Waals surface area contributed by atoms with E-state index in [-0.39, 0.29) is 11.8 Å². The Morgan fingerprint density at radius 2 is 1.73 bits per heavy atom. The standard InChI is InChI=1S/C18H21FN2O/c1-12-10-13(2)17(14(3)11-12)21-18(22)20-9-8-15-6-4-5-7-16(15)19/h4-7,10-11H,8-9H2,1-3H3,(H2,20,21,22). The molecular weight excluding hydrogens is 279 g/mol. The van der Waals surface area contributed by atoms with Gasteiger partial charge in [-0.2, -0.15) is 0 Å². The Hall–Kier alpha value is -2.36. The van der Waals surface area contributed by atoms with Crippen LogP contribution in [0, 0.1) is 26.6 Å². The fourth-order valence-corrected chi connectivity index (χ4v) is 2.55. The molecule has 2 amide bonds. The molecule has 0 fully saturated rings. The monoisotopic (exact) mass is 300 g/mol. The second kappa shape index (κ2) is 7.07. The molecule has 116 valence electrons. The predicted molar refractivity (Wildman–Crippen MR) is 87.8 cm³/mol. The Kier molecular flexibility index (Phi) is 5.15. The Morgan fingerprint density at radius 1 is 1.09 bits per heavy atom. The number of carbonyl (C=O) groups is 1. The number of carbonyl (C=O) groups excluding carboxylic acids is 1. The summed E-state index contributed by atoms with van der Waals surface area (Å²) in [5, 5.41) is 5.62. The highest BCUT2D eigenvalue weighted by atomic mass is 19.1. The zero-order chi connectivity index (χ0) is 16.1. The minimum absolute atomic E-state index is 0.241. The first kappa shape index (κ1) is 16.0. The van der Waals surface area contributed by atoms with Crippen molar-refractivity contribution in [2.24, 2.45) is 0 Å². The topological polar surface area (TPSA) is 41.1 Å². The van der Waals surface area contributed by atoms with Crippen LogP contribution in [0.1, 0.15) is 22.3 Å². The van der Waals surface area contributed by atoms with Crippen LogP contribution in [0.2, 0.25) is 0 Å². The van der Waals surface area contributed by atoms with E-state index in [0.29, 0.717) is 18.5 Å². The first-order valence-electron chi connectivity index (χ1n) is 7.33. The van der Waals surface area contributed by atoms with Crippen molar-refractivity contribution >= 4 is 11.7 Å². The third-order valence-electron chi connectivity index (χ3n) is 3.55. The molecule has 0 bridgehead atoms. The number of hydrogen-bond acceptors (Lipinski definition) is 1. The predicted octanol–water partition coefficient (Wildman–Crippen LogP) is 4.12. The van der Waals surface area contributed by atoms with Crippen molar-refractivity contribution in [2.75, 3.05) is 11.9 Å². The van der Waals surface area contributed by atoms with Gasteiger partial charge < -0.3 is 10.6 Å². The van der Waals surface area contributed by atoms with E-state index in [0.717, 1.165) is 16.8 Å². The molecule has 0 saturated carbocycles. The minimum Gasteiger partial charge on any atom is -0.338 e. The molecule has 4 heteroatoms. The lowest BCUT2D eigenvalue weighted by molar-refractivity contribution is 0.252. The van der Waals surface area contributed by atoms with Crippen molar-refractivity contribution in [3.8, 4) is 0 Å². The highest BCUT2D eigenvalue weighted by Crippen LogP contribution is 2.21. The van der Waals surface area contributed by atoms with Gasteiger partial charge in [-0.25, -0.2) is 9.18 Å². The number of benzene rings is 2. The Labute approximate surface area is 130 Å². The van der Waals surface area contributed by atoms with Gasteiger partial charge in [0, 0.05) is 12.2 Å². The van der Waals surface area contributed by atoms with Gasteiger partial charge in [0.15, 0.2) is 0 Å². The molecule has 2 aromatic rings. The summed E-state index contributed by atoms with van der Waals surface area (Å²) >= 11 is 0. The molecule has 0 radical (unpaired) electrons. The number of nitrogens with one attached hydrogen (secondary N) is 2. The third-order valence-corrected chi connectivity index (χ3v) is 3.55. The molecule has 0 aliphatic carbocycles. The summed E-state index contributed by atoms with van der Waals surface area (Å²) in [6, 6.07) is 10.4. The number of hydrogen-bond donors (Lipinski definition) is 2. The van der Waals surface area contributed by atoms with E-state index in [2.05, 4.69) is 10.6 Å². The van der Waals surface area contributed by atoms with Crippen LogP contribution in [-0.4, -0.2) is 12.6 Å². The number of anilines is 1. The number of amides is 2. The van der Waals surface area contributed by atoms with Gasteiger partial charge in [0.25, 0.3) is 0 Å². The lowest BCUT2D eigenvalue weighted by Gasteiger charge is -2.13. The van der Waals surface area contributed by atoms with Gasteiger partial charge in [0.05, 0.1) is 0 Å². The van der Waals surface area contributed by atoms with E-state index in [9.17, 15) is 9.18 Å². The van der Waals surface area contributed by atoms with E-state index in [4.69, 9.17) is 0 Å². The summed E-state index contributed by atoms with van der Waals surface area (Å²) in [4.78, 5) is 12.0. The van der Waals surface area contributed by atoms with Crippen LogP contribution in [0.25, 0.3) is 0 Å². The lowest BCUT2D eigenvalue weighted by atomic mass is 10.1. The molecule has 2 aromatic carbocycles. The summed E-state index contributed by atoms with van der Waals surface area (Å²) in [7, 11) is 0. The van der Waals surface area contributed by atoms with Crippen LogP contribution in [0.3, 0.4) is 0 Å². The fraction of sp³-hybridized carbons (Fsp3) is 0.278. The van der Waals surface area contributed by atoms with Crippen LogP contribution in [0.15, 0.2) is 36.4 Å². The van der Waals surface area contributed by atoms with Gasteiger partial charge in [-0.1, -0.05) is 35.9 Å². The van der Waals surface area contributed by atoms with Crippen LogP contribution in [0.5, 0.6) is 0 Å². The Bertz CT molecular complexity index is 660. The first-order chi connectivity index (χ1) is 10.5. The lowest BCUT2D eigenvalue weighted by Crippen LogP contribution is -2.31. The normalized spacial score (nSPS) is 10.4. The second-order valence-electron chi connectivity index (χ2n) is 5.50. The van der Waals surface area contributed by atoms with Gasteiger partial charge in [-0.05, 0) is 49.9 Å². The molecule has 22 heavy (non-hydrogen) atoms. The summed E-state index contributed by atoms with van der Waals surface area (Å²) in [5.41, 5.74) is 4.66. The quantitative estimate of drug-likeness (QED) is 0.876. The number of rotatable bonds is 4. The van der Waals surface area contributed by atoms with Gasteiger partial charge in [-0.15, -0.1) is 0 Å². The van der Waals surface area contributed by atoms with E-state index in [1.54, 1.807) is 18.2 Å². The minimum atomic E-state index is -0.272. The van der Waals surface area contributed by atoms with E-state index >= 15 is 0 Å². The number of halogens is 1. The molecular formula is C18H21FN2O. The van der Waals surface area contributed by atoms with Crippen molar-refractivity contribution in [1.82, 2.24) is 5.32 Å². The maximum Gasteiger partial charge on any atom is 0.319 e. The van der Waals surface area contributed by atoms with Gasteiger partial charge in [-0.3, -0.25) is 0 Å². The molecule has 0 heterocycles. The molecule has 0 saturated heterocycles. The van der Waals surface area contributed by atoms with Crippen molar-refractivity contribution in [3.05, 3.63) is 64.5 Å². The van der Waals surface area contributed by atoms with E-state index < -0.39 is 0 Å². The van der Waals surface area contributed by atoms with Gasteiger partial charge >= 0.3 is 6.03 Å². The molecule has 0 aromatic heterocycles. The van der Waals surface area contributed by atoms with Crippen molar-refractivity contribution in [3.63, 3.8) is 0 Å². The highest BCUT2D eigenvalue weighted by Gasteiger charge is 2.08. The molecule has 0 spiro atoms. The van der Waals surface area contributed by atoms with E-state index in [1.165, 1.54) is 11.6 Å². The molecule has 0 atom stereocenters. The summed E-state index contributed by atoms with van der Waals surface area (Å²) in [6.45, 7) is 6.35. The Morgan fingerprint density at radius 3 is 2.36 bits per heavy atom. The van der Waals surface area contributed by atoms with Crippen molar-refractivity contribution in [1.29, 1.82) is 0 Å². The average molecular weight is 300 g/mol. The average Bonchev–Trinajstić information content (AvgIpc) is 2.45. The van der Waals surface area contributed by atoms with Crippen LogP contribution in [-0.2, 0) is 6.42 Å². The van der Waals surface area contributed by atoms with Gasteiger partial charge in [0.2, 0.25) is 0 Å². The summed E-state index contributed by atoms with van der Waals surface area (Å²) in [5.74, 6) is -0.241. The van der Waals surface area contributed by atoms with Gasteiger partial charge in [0.1, 0.15) is 5.82 Å². The molecule has 0 aliphatic rings. The molecule has 0 unspecified atom stereocenters. The maximum atomic E-state index is 13.5. The largest absolute Gasteiger partial charge is 0.338 e. The van der Waals surface area contributed by atoms with E-state index in [1.807, 2.05) is 32.9 Å². The summed E-state index contributed by atoms with van der Waals surface area (Å²) in [6.07, 6.45) is 0.464. The molecule has 2 N–H and O–H groups in total. The Balaban J connectivity index is 1.90. The zero-order valence-electron chi connectivity index (χ0n) is 13.2.